The molecule has 2 aromatic rings. The van der Waals surface area contributed by atoms with Gasteiger partial charge in [-0.05, 0) is 11.6 Å². The molecule has 2 aliphatic heterocycles. The van der Waals surface area contributed by atoms with E-state index in [-0.39, 0.29) is 12.0 Å². The van der Waals surface area contributed by atoms with Gasteiger partial charge in [0.15, 0.2) is 0 Å². The maximum atomic E-state index is 12.8. The van der Waals surface area contributed by atoms with Crippen LogP contribution in [0.15, 0.2) is 54.7 Å². The summed E-state index contributed by atoms with van der Waals surface area (Å²) in [5, 5.41) is 0. The molecule has 4 rings (SSSR count). The lowest BCUT2D eigenvalue weighted by Gasteiger charge is -2.34. The number of hydrogen-bond acceptors (Lipinski definition) is 5. The minimum atomic E-state index is 0.0413. The molecule has 1 aromatic carbocycles. The van der Waals surface area contributed by atoms with Crippen LogP contribution in [0.25, 0.3) is 6.08 Å². The summed E-state index contributed by atoms with van der Waals surface area (Å²) in [5.74, 6) is 0.619. The molecule has 3 heterocycles. The van der Waals surface area contributed by atoms with Crippen LogP contribution in [0.5, 0.6) is 5.88 Å². The van der Waals surface area contributed by atoms with Crippen molar-refractivity contribution in [3.8, 4) is 5.88 Å². The van der Waals surface area contributed by atoms with Crippen molar-refractivity contribution in [1.29, 1.82) is 0 Å². The molecule has 1 aromatic heterocycles. The summed E-state index contributed by atoms with van der Waals surface area (Å²) in [6, 6.07) is 13.9. The Kier molecular flexibility index (Phi) is 7.11. The van der Waals surface area contributed by atoms with E-state index in [1.165, 1.54) is 5.56 Å². The van der Waals surface area contributed by atoms with Crippen molar-refractivity contribution in [2.45, 2.75) is 18.9 Å². The lowest BCUT2D eigenvalue weighted by atomic mass is 10.1. The summed E-state index contributed by atoms with van der Waals surface area (Å²) in [6.07, 6.45) is 7.88. The number of aromatic nitrogens is 1. The molecular formula is C24H29N3O3. The normalized spacial score (nSPS) is 18.6. The molecule has 30 heavy (non-hydrogen) atoms. The molecule has 158 valence electrons. The number of carbonyl (C=O) groups excluding carboxylic acids is 1. The van der Waals surface area contributed by atoms with Gasteiger partial charge >= 0.3 is 0 Å². The van der Waals surface area contributed by atoms with Crippen LogP contribution >= 0.6 is 0 Å². The van der Waals surface area contributed by atoms with Gasteiger partial charge in [0.05, 0.1) is 18.8 Å². The smallest absolute Gasteiger partial charge is 0.255 e. The molecular weight excluding hydrogens is 378 g/mol. The van der Waals surface area contributed by atoms with Gasteiger partial charge in [0.1, 0.15) is 6.10 Å². The number of piperazine rings is 1. The summed E-state index contributed by atoms with van der Waals surface area (Å²) >= 11 is 0. The Balaban J connectivity index is 1.23. The van der Waals surface area contributed by atoms with Crippen LogP contribution in [-0.4, -0.2) is 72.7 Å². The molecule has 0 N–H and O–H groups in total. The van der Waals surface area contributed by atoms with Gasteiger partial charge in [-0.3, -0.25) is 9.69 Å². The van der Waals surface area contributed by atoms with Gasteiger partial charge in [-0.2, -0.15) is 0 Å². The topological polar surface area (TPSA) is 54.9 Å². The average molecular weight is 408 g/mol. The van der Waals surface area contributed by atoms with E-state index in [1.807, 2.05) is 29.2 Å². The van der Waals surface area contributed by atoms with Gasteiger partial charge in [0.25, 0.3) is 5.91 Å². The van der Waals surface area contributed by atoms with Gasteiger partial charge in [0.2, 0.25) is 5.88 Å². The van der Waals surface area contributed by atoms with E-state index in [4.69, 9.17) is 9.47 Å². The van der Waals surface area contributed by atoms with Crippen LogP contribution in [0.2, 0.25) is 0 Å². The van der Waals surface area contributed by atoms with Crippen LogP contribution in [0, 0.1) is 0 Å². The van der Waals surface area contributed by atoms with Crippen molar-refractivity contribution < 1.29 is 14.3 Å². The number of amides is 1. The molecule has 6 nitrogen and oxygen atoms in total. The van der Waals surface area contributed by atoms with E-state index in [0.717, 1.165) is 58.8 Å². The van der Waals surface area contributed by atoms with Crippen molar-refractivity contribution in [1.82, 2.24) is 14.8 Å². The summed E-state index contributed by atoms with van der Waals surface area (Å²) in [6.45, 7) is 5.59. The Morgan fingerprint density at radius 2 is 1.83 bits per heavy atom. The van der Waals surface area contributed by atoms with Gasteiger partial charge in [-0.1, -0.05) is 42.5 Å². The molecule has 2 saturated heterocycles. The lowest BCUT2D eigenvalue weighted by molar-refractivity contribution is 0.0237. The van der Waals surface area contributed by atoms with E-state index < -0.39 is 0 Å². The molecule has 1 amide bonds. The summed E-state index contributed by atoms with van der Waals surface area (Å²) < 4.78 is 11.2. The first-order valence-electron chi connectivity index (χ1n) is 10.7. The highest BCUT2D eigenvalue weighted by molar-refractivity contribution is 5.94. The zero-order chi connectivity index (χ0) is 20.6. The number of carbonyl (C=O) groups is 1. The molecule has 0 spiro atoms. The standard InChI is InChI=1S/C24H29N3O3/c28-24(21-8-9-23(25-19-21)30-22-10-17-29-18-11-22)27-15-13-26(14-16-27)12-4-7-20-5-2-1-3-6-20/h1-9,19,22H,10-18H2/b7-4+. The molecule has 0 radical (unpaired) electrons. The Labute approximate surface area is 178 Å². The van der Waals surface area contributed by atoms with Crippen molar-refractivity contribution in [2.75, 3.05) is 45.9 Å². The predicted molar refractivity (Wildman–Crippen MR) is 117 cm³/mol. The zero-order valence-corrected chi connectivity index (χ0v) is 17.3. The third-order valence-corrected chi connectivity index (χ3v) is 5.57. The quantitative estimate of drug-likeness (QED) is 0.737. The minimum Gasteiger partial charge on any atom is -0.474 e. The molecule has 0 unspecified atom stereocenters. The van der Waals surface area contributed by atoms with Gasteiger partial charge in [-0.15, -0.1) is 0 Å². The fourth-order valence-corrected chi connectivity index (χ4v) is 3.76. The van der Waals surface area contributed by atoms with Crippen LogP contribution in [0.4, 0.5) is 0 Å². The zero-order valence-electron chi connectivity index (χ0n) is 17.3. The third-order valence-electron chi connectivity index (χ3n) is 5.57. The third kappa shape index (κ3) is 5.68. The molecule has 2 aliphatic rings. The average Bonchev–Trinajstić information content (AvgIpc) is 2.81. The Morgan fingerprint density at radius 1 is 1.07 bits per heavy atom. The fourth-order valence-electron chi connectivity index (χ4n) is 3.76. The predicted octanol–water partition coefficient (Wildman–Crippen LogP) is 3.11. The van der Waals surface area contributed by atoms with Crippen LogP contribution in [0.3, 0.4) is 0 Å². The van der Waals surface area contributed by atoms with Crippen LogP contribution in [0.1, 0.15) is 28.8 Å². The number of pyridine rings is 1. The Bertz CT molecular complexity index is 825. The van der Waals surface area contributed by atoms with Gasteiger partial charge in [-0.25, -0.2) is 4.98 Å². The van der Waals surface area contributed by atoms with E-state index in [9.17, 15) is 4.79 Å². The van der Waals surface area contributed by atoms with Crippen molar-refractivity contribution >= 4 is 12.0 Å². The summed E-state index contributed by atoms with van der Waals surface area (Å²) in [5.41, 5.74) is 1.83. The summed E-state index contributed by atoms with van der Waals surface area (Å²) in [4.78, 5) is 21.4. The summed E-state index contributed by atoms with van der Waals surface area (Å²) in [7, 11) is 0. The number of ether oxygens (including phenoxy) is 2. The monoisotopic (exact) mass is 407 g/mol. The number of hydrogen-bond donors (Lipinski definition) is 0. The lowest BCUT2D eigenvalue weighted by Crippen LogP contribution is -2.48. The molecule has 6 heteroatoms. The number of rotatable bonds is 6. The SMILES string of the molecule is O=C(c1ccc(OC2CCOCC2)nc1)N1CCN(C/C=C/c2ccccc2)CC1. The molecule has 0 aliphatic carbocycles. The highest BCUT2D eigenvalue weighted by atomic mass is 16.5. The van der Waals surface area contributed by atoms with Crippen LogP contribution in [-0.2, 0) is 4.74 Å². The maximum Gasteiger partial charge on any atom is 0.255 e. The van der Waals surface area contributed by atoms with E-state index in [1.54, 1.807) is 12.3 Å². The second-order valence-corrected chi connectivity index (χ2v) is 7.72. The fraction of sp³-hybridized carbons (Fsp3) is 0.417. The van der Waals surface area contributed by atoms with E-state index in [2.05, 4.69) is 34.2 Å². The van der Waals surface area contributed by atoms with Gasteiger partial charge < -0.3 is 14.4 Å². The van der Waals surface area contributed by atoms with Crippen molar-refractivity contribution in [3.05, 3.63) is 65.9 Å². The van der Waals surface area contributed by atoms with E-state index >= 15 is 0 Å². The Morgan fingerprint density at radius 3 is 2.53 bits per heavy atom. The minimum absolute atomic E-state index is 0.0413. The molecule has 2 fully saturated rings. The van der Waals surface area contributed by atoms with Crippen molar-refractivity contribution in [3.63, 3.8) is 0 Å². The largest absolute Gasteiger partial charge is 0.474 e. The maximum absolute atomic E-state index is 12.8. The first-order valence-corrected chi connectivity index (χ1v) is 10.7. The first-order chi connectivity index (χ1) is 14.8. The second kappa shape index (κ2) is 10.4. The molecule has 0 bridgehead atoms. The molecule has 0 saturated carbocycles. The van der Waals surface area contributed by atoms with Crippen molar-refractivity contribution in [2.24, 2.45) is 0 Å². The highest BCUT2D eigenvalue weighted by Crippen LogP contribution is 2.17. The van der Waals surface area contributed by atoms with Crippen LogP contribution < -0.4 is 4.74 Å². The second-order valence-electron chi connectivity index (χ2n) is 7.72. The number of benzene rings is 1. The van der Waals surface area contributed by atoms with E-state index in [0.29, 0.717) is 11.4 Å². The number of nitrogens with zero attached hydrogens (tertiary/aromatic N) is 3. The molecule has 0 atom stereocenters. The highest BCUT2D eigenvalue weighted by Gasteiger charge is 2.22. The Hall–Kier alpha value is -2.70. The first kappa shape index (κ1) is 20.6. The van der Waals surface area contributed by atoms with Gasteiger partial charge in [0, 0.05) is 57.8 Å².